The molecule has 28 heavy (non-hydrogen) atoms. The maximum absolute atomic E-state index is 12.7. The molecule has 3 rings (SSSR count). The van der Waals surface area contributed by atoms with Crippen molar-refractivity contribution in [2.45, 2.75) is 6.04 Å². The van der Waals surface area contributed by atoms with Crippen LogP contribution in [0.4, 0.5) is 0 Å². The topological polar surface area (TPSA) is 73.0 Å². The first-order valence-electron chi connectivity index (χ1n) is 9.15. The molecule has 1 aliphatic rings. The van der Waals surface area contributed by atoms with E-state index in [2.05, 4.69) is 5.32 Å². The Bertz CT molecular complexity index is 862. The fraction of sp³-hybridized carbons (Fsp3) is 0.421. The monoisotopic (exact) mass is 422 g/mol. The van der Waals surface area contributed by atoms with Crippen molar-refractivity contribution in [3.05, 3.63) is 58.3 Å². The number of hydrogen-bond acceptors (Lipinski definition) is 5. The first-order valence-corrected chi connectivity index (χ1v) is 11.4. The van der Waals surface area contributed by atoms with Crippen LogP contribution in [0.5, 0.6) is 0 Å². The molecule has 1 fully saturated rings. The average molecular weight is 423 g/mol. The third kappa shape index (κ3) is 4.98. The predicted octanol–water partition coefficient (Wildman–Crippen LogP) is 1.38. The Labute approximate surface area is 170 Å². The fourth-order valence-electron chi connectivity index (χ4n) is 3.18. The van der Waals surface area contributed by atoms with Crippen LogP contribution in [-0.2, 0) is 15.0 Å². The zero-order valence-corrected chi connectivity index (χ0v) is 17.7. The predicted molar refractivity (Wildman–Crippen MR) is 111 cm³/mol. The van der Waals surface area contributed by atoms with E-state index in [4.69, 9.17) is 0 Å². The molecule has 1 aromatic carbocycles. The van der Waals surface area contributed by atoms with Gasteiger partial charge in [0.25, 0.3) is 10.2 Å². The van der Waals surface area contributed by atoms with Crippen molar-refractivity contribution >= 4 is 27.5 Å². The second kappa shape index (κ2) is 9.15. The second-order valence-corrected chi connectivity index (χ2v) is 10.0. The Balaban J connectivity index is 1.59. The molecular weight excluding hydrogens is 396 g/mol. The van der Waals surface area contributed by atoms with E-state index >= 15 is 0 Å². The van der Waals surface area contributed by atoms with E-state index in [1.807, 2.05) is 52.7 Å². The van der Waals surface area contributed by atoms with Gasteiger partial charge in [-0.15, -0.1) is 11.3 Å². The van der Waals surface area contributed by atoms with E-state index in [-0.39, 0.29) is 18.5 Å². The SMILES string of the molecule is CN(C)S(=O)(=O)N1CCN(CC(=O)NC(c2ccccc2)c2cccs2)CC1. The summed E-state index contributed by atoms with van der Waals surface area (Å²) in [6.45, 7) is 2.11. The van der Waals surface area contributed by atoms with Crippen LogP contribution in [-0.4, -0.2) is 74.7 Å². The van der Waals surface area contributed by atoms with Crippen LogP contribution in [0.1, 0.15) is 16.5 Å². The lowest BCUT2D eigenvalue weighted by atomic mass is 10.1. The number of nitrogens with zero attached hydrogens (tertiary/aromatic N) is 3. The average Bonchev–Trinajstić information content (AvgIpc) is 3.21. The second-order valence-electron chi connectivity index (χ2n) is 6.89. The van der Waals surface area contributed by atoms with Crippen LogP contribution < -0.4 is 5.32 Å². The van der Waals surface area contributed by atoms with E-state index in [0.717, 1.165) is 10.4 Å². The Morgan fingerprint density at radius 1 is 1.11 bits per heavy atom. The van der Waals surface area contributed by atoms with Crippen LogP contribution in [0.15, 0.2) is 47.8 Å². The van der Waals surface area contributed by atoms with E-state index < -0.39 is 10.2 Å². The van der Waals surface area contributed by atoms with Gasteiger partial charge in [-0.25, -0.2) is 0 Å². The number of piperazine rings is 1. The van der Waals surface area contributed by atoms with Gasteiger partial charge in [0.15, 0.2) is 0 Å². The molecule has 1 aromatic heterocycles. The molecule has 0 bridgehead atoms. The van der Waals surface area contributed by atoms with Crippen molar-refractivity contribution in [3.8, 4) is 0 Å². The number of carbonyl (C=O) groups is 1. The van der Waals surface area contributed by atoms with E-state index in [0.29, 0.717) is 26.2 Å². The van der Waals surface area contributed by atoms with Gasteiger partial charge in [-0.05, 0) is 17.0 Å². The van der Waals surface area contributed by atoms with Crippen molar-refractivity contribution in [2.75, 3.05) is 46.8 Å². The third-order valence-electron chi connectivity index (χ3n) is 4.75. The molecule has 1 atom stereocenters. The maximum Gasteiger partial charge on any atom is 0.281 e. The molecule has 0 spiro atoms. The summed E-state index contributed by atoms with van der Waals surface area (Å²) < 4.78 is 27.1. The molecule has 1 unspecified atom stereocenters. The fourth-order valence-corrected chi connectivity index (χ4v) is 5.07. The summed E-state index contributed by atoms with van der Waals surface area (Å²) in [5, 5.41) is 5.13. The number of thiophene rings is 1. The zero-order valence-electron chi connectivity index (χ0n) is 16.1. The number of hydrogen-bond donors (Lipinski definition) is 1. The molecule has 2 heterocycles. The summed E-state index contributed by atoms with van der Waals surface area (Å²) in [5.74, 6) is -0.0637. The molecule has 7 nitrogen and oxygen atoms in total. The van der Waals surface area contributed by atoms with Crippen molar-refractivity contribution in [3.63, 3.8) is 0 Å². The Hall–Kier alpha value is -1.78. The standard InChI is InChI=1S/C19H26N4O3S2/c1-21(2)28(25,26)23-12-10-22(11-13-23)15-18(24)20-19(17-9-6-14-27-17)16-7-4-3-5-8-16/h3-9,14,19H,10-13,15H2,1-2H3,(H,20,24). The number of benzene rings is 1. The minimum atomic E-state index is -3.40. The molecule has 0 radical (unpaired) electrons. The van der Waals surface area contributed by atoms with Crippen LogP contribution in [0.25, 0.3) is 0 Å². The summed E-state index contributed by atoms with van der Waals surface area (Å²) in [4.78, 5) is 15.8. The number of nitrogens with one attached hydrogen (secondary N) is 1. The van der Waals surface area contributed by atoms with Crippen LogP contribution in [0.2, 0.25) is 0 Å². The minimum absolute atomic E-state index is 0.0637. The lowest BCUT2D eigenvalue weighted by molar-refractivity contribution is -0.123. The van der Waals surface area contributed by atoms with Crippen LogP contribution in [0, 0.1) is 0 Å². The summed E-state index contributed by atoms with van der Waals surface area (Å²) in [7, 11) is -0.333. The highest BCUT2D eigenvalue weighted by Gasteiger charge is 2.29. The first-order chi connectivity index (χ1) is 13.4. The molecule has 0 aliphatic carbocycles. The number of carbonyl (C=O) groups excluding carboxylic acids is 1. The third-order valence-corrected chi connectivity index (χ3v) is 7.63. The van der Waals surface area contributed by atoms with E-state index in [1.165, 1.54) is 22.7 Å². The molecule has 1 amide bonds. The van der Waals surface area contributed by atoms with Gasteiger partial charge in [-0.3, -0.25) is 9.69 Å². The smallest absolute Gasteiger partial charge is 0.281 e. The molecule has 2 aromatic rings. The molecular formula is C19H26N4O3S2. The minimum Gasteiger partial charge on any atom is -0.343 e. The van der Waals surface area contributed by atoms with Gasteiger partial charge in [-0.2, -0.15) is 17.0 Å². The summed E-state index contributed by atoms with van der Waals surface area (Å²) in [6.07, 6.45) is 0. The quantitative estimate of drug-likeness (QED) is 0.732. The van der Waals surface area contributed by atoms with Crippen LogP contribution >= 0.6 is 11.3 Å². The molecule has 1 N–H and O–H groups in total. The van der Waals surface area contributed by atoms with Crippen molar-refractivity contribution in [2.24, 2.45) is 0 Å². The van der Waals surface area contributed by atoms with E-state index in [1.54, 1.807) is 11.3 Å². The van der Waals surface area contributed by atoms with Crippen molar-refractivity contribution in [1.29, 1.82) is 0 Å². The first kappa shape index (κ1) is 20.9. The zero-order chi connectivity index (χ0) is 20.1. The van der Waals surface area contributed by atoms with Gasteiger partial charge in [0, 0.05) is 45.2 Å². The number of rotatable bonds is 7. The molecule has 152 valence electrons. The molecule has 0 saturated carbocycles. The molecule has 9 heteroatoms. The van der Waals surface area contributed by atoms with Gasteiger partial charge < -0.3 is 5.32 Å². The summed E-state index contributed by atoms with van der Waals surface area (Å²) in [6, 6.07) is 13.7. The molecule has 1 aliphatic heterocycles. The highest BCUT2D eigenvalue weighted by atomic mass is 32.2. The summed E-state index contributed by atoms with van der Waals surface area (Å²) in [5.41, 5.74) is 1.04. The highest BCUT2D eigenvalue weighted by Crippen LogP contribution is 2.25. The highest BCUT2D eigenvalue weighted by molar-refractivity contribution is 7.86. The normalized spacial score (nSPS) is 17.5. The van der Waals surface area contributed by atoms with Gasteiger partial charge in [-0.1, -0.05) is 36.4 Å². The summed E-state index contributed by atoms with van der Waals surface area (Å²) >= 11 is 1.61. The Morgan fingerprint density at radius 2 is 1.79 bits per heavy atom. The van der Waals surface area contributed by atoms with Gasteiger partial charge >= 0.3 is 0 Å². The van der Waals surface area contributed by atoms with Gasteiger partial charge in [0.2, 0.25) is 5.91 Å². The lowest BCUT2D eigenvalue weighted by Gasteiger charge is -2.34. The van der Waals surface area contributed by atoms with Crippen molar-refractivity contribution in [1.82, 2.24) is 18.8 Å². The van der Waals surface area contributed by atoms with Gasteiger partial charge in [0.05, 0.1) is 12.6 Å². The van der Waals surface area contributed by atoms with E-state index in [9.17, 15) is 13.2 Å². The number of amides is 1. The van der Waals surface area contributed by atoms with Crippen molar-refractivity contribution < 1.29 is 13.2 Å². The largest absolute Gasteiger partial charge is 0.343 e. The Kier molecular flexibility index (Phi) is 6.84. The van der Waals surface area contributed by atoms with Gasteiger partial charge in [0.1, 0.15) is 0 Å². The molecule has 1 saturated heterocycles. The van der Waals surface area contributed by atoms with Crippen LogP contribution in [0.3, 0.4) is 0 Å². The maximum atomic E-state index is 12.7. The Morgan fingerprint density at radius 3 is 2.36 bits per heavy atom. The lowest BCUT2D eigenvalue weighted by Crippen LogP contribution is -2.53.